The van der Waals surface area contributed by atoms with Crippen molar-refractivity contribution in [1.82, 2.24) is 25.2 Å². The number of halogens is 1. The molecule has 0 unspecified atom stereocenters. The Labute approximate surface area is 167 Å². The molecule has 0 radical (unpaired) electrons. The minimum Gasteiger partial charge on any atom is -0.357 e. The zero-order chi connectivity index (χ0) is 17.2. The van der Waals surface area contributed by atoms with Gasteiger partial charge in [0.1, 0.15) is 12.1 Å². The van der Waals surface area contributed by atoms with Crippen LogP contribution in [-0.2, 0) is 6.54 Å². The second-order valence-corrected chi connectivity index (χ2v) is 6.15. The summed E-state index contributed by atoms with van der Waals surface area (Å²) in [5.41, 5.74) is 1.12. The van der Waals surface area contributed by atoms with Crippen LogP contribution < -0.4 is 10.6 Å². The summed E-state index contributed by atoms with van der Waals surface area (Å²) in [6, 6.07) is 4.03. The molecule has 0 aliphatic heterocycles. The number of aliphatic imine (C=N–C) groups is 1. The first-order valence-corrected chi connectivity index (χ1v) is 8.64. The zero-order valence-corrected chi connectivity index (χ0v) is 17.6. The fourth-order valence-electron chi connectivity index (χ4n) is 2.32. The summed E-state index contributed by atoms with van der Waals surface area (Å²) >= 11 is 0. The fraction of sp³-hybridized carbons (Fsp3) is 0.500. The average Bonchev–Trinajstić information content (AvgIpc) is 3.11. The molecule has 2 N–H and O–H groups in total. The van der Waals surface area contributed by atoms with Gasteiger partial charge in [0.05, 0.1) is 6.54 Å². The van der Waals surface area contributed by atoms with Gasteiger partial charge in [-0.2, -0.15) is 0 Å². The largest absolute Gasteiger partial charge is 0.357 e. The first-order chi connectivity index (χ1) is 11.7. The zero-order valence-electron chi connectivity index (χ0n) is 15.3. The van der Waals surface area contributed by atoms with E-state index < -0.39 is 0 Å². The van der Waals surface area contributed by atoms with E-state index in [1.54, 1.807) is 12.5 Å². The van der Waals surface area contributed by atoms with Crippen LogP contribution in [0.1, 0.15) is 39.2 Å². The highest BCUT2D eigenvalue weighted by molar-refractivity contribution is 14.0. The summed E-state index contributed by atoms with van der Waals surface area (Å²) in [5, 5.41) is 6.69. The first-order valence-electron chi connectivity index (χ1n) is 8.64. The smallest absolute Gasteiger partial charge is 0.191 e. The van der Waals surface area contributed by atoms with Gasteiger partial charge in [0.25, 0.3) is 0 Å². The van der Waals surface area contributed by atoms with E-state index in [1.165, 1.54) is 6.42 Å². The SMILES string of the molecule is CCNC(=NCc1ccnc(-n2ccnc2)c1)NCCCC(C)C.I. The number of imidazole rings is 1. The lowest BCUT2D eigenvalue weighted by Crippen LogP contribution is -2.37. The highest BCUT2D eigenvalue weighted by Crippen LogP contribution is 2.08. The monoisotopic (exact) mass is 456 g/mol. The van der Waals surface area contributed by atoms with Crippen LogP contribution in [-0.4, -0.2) is 33.6 Å². The van der Waals surface area contributed by atoms with E-state index in [0.29, 0.717) is 6.54 Å². The van der Waals surface area contributed by atoms with Gasteiger partial charge in [-0.3, -0.25) is 4.57 Å². The van der Waals surface area contributed by atoms with Gasteiger partial charge >= 0.3 is 0 Å². The molecule has 0 aliphatic rings. The van der Waals surface area contributed by atoms with Gasteiger partial charge in [0, 0.05) is 31.7 Å². The Morgan fingerprint density at radius 2 is 2.12 bits per heavy atom. The van der Waals surface area contributed by atoms with Crippen molar-refractivity contribution in [1.29, 1.82) is 0 Å². The van der Waals surface area contributed by atoms with Crippen molar-refractivity contribution in [3.63, 3.8) is 0 Å². The molecule has 0 spiro atoms. The summed E-state index contributed by atoms with van der Waals surface area (Å²) in [5.74, 6) is 2.46. The molecular formula is C18H29IN6. The number of guanidine groups is 1. The van der Waals surface area contributed by atoms with Crippen LogP contribution in [0.3, 0.4) is 0 Å². The second-order valence-electron chi connectivity index (χ2n) is 6.15. The summed E-state index contributed by atoms with van der Waals surface area (Å²) < 4.78 is 1.89. The van der Waals surface area contributed by atoms with Gasteiger partial charge in [-0.05, 0) is 43.4 Å². The molecule has 0 aliphatic carbocycles. The molecule has 0 saturated carbocycles. The maximum absolute atomic E-state index is 4.66. The van der Waals surface area contributed by atoms with Gasteiger partial charge in [-0.25, -0.2) is 15.0 Å². The number of hydrogen-bond donors (Lipinski definition) is 2. The third kappa shape index (κ3) is 7.85. The third-order valence-electron chi connectivity index (χ3n) is 3.59. The predicted molar refractivity (Wildman–Crippen MR) is 114 cm³/mol. The molecule has 138 valence electrons. The van der Waals surface area contributed by atoms with Gasteiger partial charge in [-0.15, -0.1) is 24.0 Å². The van der Waals surface area contributed by atoms with Crippen LogP contribution >= 0.6 is 24.0 Å². The van der Waals surface area contributed by atoms with Crippen molar-refractivity contribution in [2.24, 2.45) is 10.9 Å². The van der Waals surface area contributed by atoms with Gasteiger partial charge in [0.15, 0.2) is 5.96 Å². The van der Waals surface area contributed by atoms with Gasteiger partial charge in [-0.1, -0.05) is 13.8 Å². The molecule has 0 bridgehead atoms. The third-order valence-corrected chi connectivity index (χ3v) is 3.59. The number of nitrogens with one attached hydrogen (secondary N) is 2. The van der Waals surface area contributed by atoms with E-state index in [-0.39, 0.29) is 24.0 Å². The molecule has 2 aromatic rings. The lowest BCUT2D eigenvalue weighted by atomic mass is 10.1. The average molecular weight is 456 g/mol. The van der Waals surface area contributed by atoms with Crippen LogP contribution in [0.2, 0.25) is 0 Å². The summed E-state index contributed by atoms with van der Waals surface area (Å²) in [4.78, 5) is 13.1. The Balaban J connectivity index is 0.00000312. The number of nitrogens with zero attached hydrogens (tertiary/aromatic N) is 4. The fourth-order valence-corrected chi connectivity index (χ4v) is 2.32. The van der Waals surface area contributed by atoms with Crippen LogP contribution in [0.4, 0.5) is 0 Å². The van der Waals surface area contributed by atoms with Gasteiger partial charge < -0.3 is 10.6 Å². The van der Waals surface area contributed by atoms with Crippen LogP contribution in [0.25, 0.3) is 5.82 Å². The lowest BCUT2D eigenvalue weighted by molar-refractivity contribution is 0.549. The Bertz CT molecular complexity index is 624. The normalized spacial score (nSPS) is 11.3. The topological polar surface area (TPSA) is 67.1 Å². The van der Waals surface area contributed by atoms with Crippen LogP contribution in [0, 0.1) is 5.92 Å². The molecule has 25 heavy (non-hydrogen) atoms. The maximum atomic E-state index is 4.66. The molecule has 0 atom stereocenters. The van der Waals surface area contributed by atoms with E-state index in [1.807, 2.05) is 29.1 Å². The minimum absolute atomic E-state index is 0. The highest BCUT2D eigenvalue weighted by Gasteiger charge is 2.01. The molecule has 6 nitrogen and oxygen atoms in total. The summed E-state index contributed by atoms with van der Waals surface area (Å²) in [6.45, 7) is 8.99. The number of aromatic nitrogens is 3. The molecule has 0 aromatic carbocycles. The number of pyridine rings is 1. The van der Waals surface area contributed by atoms with E-state index in [9.17, 15) is 0 Å². The quantitative estimate of drug-likeness (QED) is 0.277. The molecule has 0 fully saturated rings. The van der Waals surface area contributed by atoms with Crippen molar-refractivity contribution in [3.05, 3.63) is 42.6 Å². The van der Waals surface area contributed by atoms with E-state index in [4.69, 9.17) is 0 Å². The summed E-state index contributed by atoms with van der Waals surface area (Å²) in [7, 11) is 0. The number of hydrogen-bond acceptors (Lipinski definition) is 3. The van der Waals surface area contributed by atoms with E-state index in [0.717, 1.165) is 42.8 Å². The van der Waals surface area contributed by atoms with Gasteiger partial charge in [0.2, 0.25) is 0 Å². The maximum Gasteiger partial charge on any atom is 0.191 e. The van der Waals surface area contributed by atoms with Crippen molar-refractivity contribution in [2.75, 3.05) is 13.1 Å². The van der Waals surface area contributed by atoms with Crippen molar-refractivity contribution >= 4 is 29.9 Å². The molecular weight excluding hydrogens is 427 g/mol. The Hall–Kier alpha value is -1.64. The first kappa shape index (κ1) is 21.4. The number of rotatable bonds is 8. The predicted octanol–water partition coefficient (Wildman–Crippen LogP) is 3.38. The molecule has 7 heteroatoms. The minimum atomic E-state index is 0. The molecule has 0 amide bonds. The van der Waals surface area contributed by atoms with Crippen molar-refractivity contribution in [3.8, 4) is 5.82 Å². The Kier molecular flexibility index (Phi) is 10.1. The van der Waals surface area contributed by atoms with Crippen LogP contribution in [0.15, 0.2) is 42.0 Å². The molecule has 2 aromatic heterocycles. The van der Waals surface area contributed by atoms with Crippen LogP contribution in [0.5, 0.6) is 0 Å². The second kappa shape index (κ2) is 11.8. The van der Waals surface area contributed by atoms with Crippen molar-refractivity contribution < 1.29 is 0 Å². The molecule has 0 saturated heterocycles. The molecule has 2 rings (SSSR count). The van der Waals surface area contributed by atoms with E-state index >= 15 is 0 Å². The van der Waals surface area contributed by atoms with E-state index in [2.05, 4.69) is 46.4 Å². The van der Waals surface area contributed by atoms with Crippen molar-refractivity contribution in [2.45, 2.75) is 40.2 Å². The standard InChI is InChI=1S/C18H28N6.HI/c1-4-20-18(22-8-5-6-15(2)3)23-13-16-7-9-21-17(12-16)24-11-10-19-14-24;/h7,9-12,14-15H,4-6,8,13H2,1-3H3,(H2,20,22,23);1H. The lowest BCUT2D eigenvalue weighted by Gasteiger charge is -2.12. The molecule has 2 heterocycles. The Morgan fingerprint density at radius 3 is 2.80 bits per heavy atom. The summed E-state index contributed by atoms with van der Waals surface area (Å²) in [6.07, 6.45) is 9.57. The highest BCUT2D eigenvalue weighted by atomic mass is 127. The Morgan fingerprint density at radius 1 is 1.28 bits per heavy atom.